The molecule has 0 unspecified atom stereocenters. The van der Waals surface area contributed by atoms with E-state index in [1.165, 1.54) is 24.5 Å². The quantitative estimate of drug-likeness (QED) is 0.149. The van der Waals surface area contributed by atoms with E-state index < -0.39 is 22.8 Å². The van der Waals surface area contributed by atoms with Gasteiger partial charge in [-0.05, 0) is 72.9 Å². The van der Waals surface area contributed by atoms with Gasteiger partial charge in [0.15, 0.2) is 33.9 Å². The Morgan fingerprint density at radius 3 is 1.31 bits per heavy atom. The number of ether oxygens (including phenoxy) is 4. The molecule has 0 saturated heterocycles. The number of carboxylic acid groups (broad SMARTS) is 2. The molecule has 2 N–H and O–H groups in total. The summed E-state index contributed by atoms with van der Waals surface area (Å²) in [4.78, 5) is 47.3. The van der Waals surface area contributed by atoms with E-state index in [4.69, 9.17) is 18.9 Å². The van der Waals surface area contributed by atoms with Gasteiger partial charge in [0.05, 0.1) is 38.8 Å². The Bertz CT molecular complexity index is 2010. The molecule has 6 rings (SSSR count). The molecule has 2 aliphatic heterocycles. The van der Waals surface area contributed by atoms with Crippen LogP contribution >= 0.6 is 0 Å². The van der Waals surface area contributed by atoms with Gasteiger partial charge in [-0.25, -0.2) is 9.59 Å². The number of nitrogens with zero attached hydrogens (tertiary/aromatic N) is 2. The zero-order valence-electron chi connectivity index (χ0n) is 32.2. The third kappa shape index (κ3) is 8.17. The second-order valence-electron chi connectivity index (χ2n) is 14.6. The minimum atomic E-state index is -1.20. The Morgan fingerprint density at radius 1 is 0.648 bits per heavy atom. The van der Waals surface area contributed by atoms with E-state index in [0.29, 0.717) is 59.4 Å². The maximum absolute atomic E-state index is 12.3. The highest BCUT2D eigenvalue weighted by atomic mass is 16.5. The third-order valence-electron chi connectivity index (χ3n) is 9.74. The van der Waals surface area contributed by atoms with Crippen LogP contribution in [-0.2, 0) is 12.8 Å². The van der Waals surface area contributed by atoms with Gasteiger partial charge in [0.25, 0.3) is 0 Å². The van der Waals surface area contributed by atoms with Crippen LogP contribution in [0.2, 0.25) is 0 Å². The molecule has 4 heterocycles. The molecule has 2 aromatic carbocycles. The van der Waals surface area contributed by atoms with E-state index in [1.807, 2.05) is 33.4 Å². The van der Waals surface area contributed by atoms with Gasteiger partial charge in [-0.2, -0.15) is 0 Å². The number of carbonyl (C=O) groups is 2. The van der Waals surface area contributed by atoms with Gasteiger partial charge in [-0.1, -0.05) is 41.5 Å². The Labute approximate surface area is 314 Å². The summed E-state index contributed by atoms with van der Waals surface area (Å²) in [5.41, 5.74) is 3.94. The lowest BCUT2D eigenvalue weighted by atomic mass is 9.90. The largest absolute Gasteiger partial charge is 0.493 e. The van der Waals surface area contributed by atoms with Crippen LogP contribution in [0.3, 0.4) is 0 Å². The number of carboxylic acids is 2. The maximum Gasteiger partial charge on any atom is 0.341 e. The minimum absolute atomic E-state index is 0.0811. The van der Waals surface area contributed by atoms with Gasteiger partial charge < -0.3 is 38.3 Å². The van der Waals surface area contributed by atoms with Crippen molar-refractivity contribution in [2.24, 2.45) is 11.8 Å². The lowest BCUT2D eigenvalue weighted by molar-refractivity contribution is 0.0683. The van der Waals surface area contributed by atoms with Gasteiger partial charge in [-0.3, -0.25) is 9.59 Å². The van der Waals surface area contributed by atoms with Crippen molar-refractivity contribution in [3.63, 3.8) is 0 Å². The van der Waals surface area contributed by atoms with Crippen molar-refractivity contribution < 1.29 is 38.7 Å². The van der Waals surface area contributed by atoms with E-state index in [9.17, 15) is 29.4 Å². The predicted molar refractivity (Wildman–Crippen MR) is 206 cm³/mol. The number of rotatable bonds is 12. The van der Waals surface area contributed by atoms with Crippen LogP contribution < -0.4 is 29.8 Å². The first-order valence-corrected chi connectivity index (χ1v) is 18.4. The van der Waals surface area contributed by atoms with Crippen molar-refractivity contribution in [2.75, 3.05) is 27.4 Å². The first kappa shape index (κ1) is 39.7. The van der Waals surface area contributed by atoms with Gasteiger partial charge >= 0.3 is 11.9 Å². The number of methoxy groups -OCH3 is 2. The summed E-state index contributed by atoms with van der Waals surface area (Å²) in [6, 6.07) is 10.7. The lowest BCUT2D eigenvalue weighted by Gasteiger charge is -2.31. The fraction of sp³-hybridized carbons (Fsp3) is 0.429. The summed E-state index contributed by atoms with van der Waals surface area (Å²) in [7, 11) is 3.17. The fourth-order valence-electron chi connectivity index (χ4n) is 6.92. The van der Waals surface area contributed by atoms with E-state index in [-0.39, 0.29) is 23.2 Å². The molecule has 0 amide bonds. The van der Waals surface area contributed by atoms with Crippen LogP contribution in [-0.4, -0.2) is 58.7 Å². The molecule has 12 heteroatoms. The fourth-order valence-corrected chi connectivity index (χ4v) is 6.92. The normalized spacial score (nSPS) is 15.2. The monoisotopic (exact) mass is 742 g/mol. The Hall–Kier alpha value is -5.52. The number of benzene rings is 2. The summed E-state index contributed by atoms with van der Waals surface area (Å²) >= 11 is 0. The van der Waals surface area contributed by atoms with Crippen LogP contribution in [0.1, 0.15) is 98.3 Å². The van der Waals surface area contributed by atoms with Crippen molar-refractivity contribution in [2.45, 2.75) is 79.3 Å². The van der Waals surface area contributed by atoms with Crippen molar-refractivity contribution in [3.8, 4) is 45.5 Å². The average molecular weight is 743 g/mol. The molecule has 4 aromatic rings. The predicted octanol–water partition coefficient (Wildman–Crippen LogP) is 7.53. The molecule has 54 heavy (non-hydrogen) atoms. The van der Waals surface area contributed by atoms with Crippen LogP contribution in [0, 0.1) is 11.8 Å². The highest BCUT2D eigenvalue weighted by Gasteiger charge is 2.29. The lowest BCUT2D eigenvalue weighted by Crippen LogP contribution is -2.25. The van der Waals surface area contributed by atoms with Gasteiger partial charge in [0, 0.05) is 47.7 Å². The topological polar surface area (TPSA) is 156 Å². The number of fused-ring (bicyclic) bond motifs is 6. The second-order valence-corrected chi connectivity index (χ2v) is 14.6. The molecule has 2 aromatic heterocycles. The van der Waals surface area contributed by atoms with E-state index in [0.717, 1.165) is 47.9 Å². The smallest absolute Gasteiger partial charge is 0.341 e. The molecular formula is C42H50N2O10. The summed E-state index contributed by atoms with van der Waals surface area (Å²) in [6.45, 7) is 13.6. The molecule has 0 saturated carbocycles. The zero-order chi connectivity index (χ0) is 39.4. The van der Waals surface area contributed by atoms with Crippen LogP contribution in [0.5, 0.6) is 23.0 Å². The molecule has 12 nitrogen and oxygen atoms in total. The van der Waals surface area contributed by atoms with Gasteiger partial charge in [0.2, 0.25) is 0 Å². The van der Waals surface area contributed by atoms with Crippen LogP contribution in [0.25, 0.3) is 22.5 Å². The number of hydrogen-bond acceptors (Lipinski definition) is 8. The van der Waals surface area contributed by atoms with E-state index >= 15 is 0 Å². The molecule has 2 aliphatic rings. The number of aromatic nitrogens is 2. The van der Waals surface area contributed by atoms with Crippen LogP contribution in [0.4, 0.5) is 0 Å². The molecule has 0 fully saturated rings. The zero-order valence-corrected chi connectivity index (χ0v) is 32.2. The maximum atomic E-state index is 12.3. The summed E-state index contributed by atoms with van der Waals surface area (Å²) < 4.78 is 26.6. The first-order chi connectivity index (χ1) is 25.7. The highest BCUT2D eigenvalue weighted by molar-refractivity contribution is 5.88. The number of pyridine rings is 2. The Morgan fingerprint density at radius 2 is 1.02 bits per heavy atom. The van der Waals surface area contributed by atoms with Gasteiger partial charge in [0.1, 0.15) is 11.1 Å². The Balaban J connectivity index is 0.000000208. The van der Waals surface area contributed by atoms with Crippen LogP contribution in [0.15, 0.2) is 58.4 Å². The number of hydrogen-bond donors (Lipinski definition) is 2. The molecule has 2 atom stereocenters. The summed E-state index contributed by atoms with van der Waals surface area (Å²) in [5, 5.41) is 18.6. The molecule has 0 spiro atoms. The average Bonchev–Trinajstić information content (AvgIpc) is 3.14. The van der Waals surface area contributed by atoms with Crippen molar-refractivity contribution in [1.82, 2.24) is 9.13 Å². The van der Waals surface area contributed by atoms with E-state index in [2.05, 4.69) is 41.5 Å². The van der Waals surface area contributed by atoms with Crippen molar-refractivity contribution in [1.29, 1.82) is 0 Å². The van der Waals surface area contributed by atoms with Gasteiger partial charge in [-0.15, -0.1) is 0 Å². The van der Waals surface area contributed by atoms with Crippen molar-refractivity contribution in [3.05, 3.63) is 91.5 Å². The first-order valence-electron chi connectivity index (χ1n) is 18.4. The summed E-state index contributed by atoms with van der Waals surface area (Å²) in [5.74, 6) is 0.967. The third-order valence-corrected chi connectivity index (χ3v) is 9.74. The standard InChI is InChI=1S/2C21H25NO5/c2*1-5-14-6-13-7-20(27-11-12(2)3)19(26-4)8-15(13)17-9-18(23)16(21(24)25)10-22(14)17/h2*7-10,12,14H,5-6,11H2,1-4H3,(H,24,25)/t2*14-/m10/s1. The summed E-state index contributed by atoms with van der Waals surface area (Å²) in [6.07, 6.45) is 6.05. The second kappa shape index (κ2) is 16.7. The highest BCUT2D eigenvalue weighted by Crippen LogP contribution is 2.43. The molecule has 0 radical (unpaired) electrons. The molecule has 0 aliphatic carbocycles. The molecule has 288 valence electrons. The van der Waals surface area contributed by atoms with Crippen molar-refractivity contribution >= 4 is 11.9 Å². The number of aromatic carboxylic acids is 2. The Kier molecular flexibility index (Phi) is 12.2. The van der Waals surface area contributed by atoms with E-state index in [1.54, 1.807) is 14.2 Å². The molecular weight excluding hydrogens is 692 g/mol. The molecule has 0 bridgehead atoms. The minimum Gasteiger partial charge on any atom is -0.493 e. The SMILES string of the molecule is CC[C@@H]1Cc2cc(OCC(C)C)c(OC)cc2-c2cc(=O)c(C(=O)O)cn21.CC[C@H]1Cc2cc(OCC(C)C)c(OC)cc2-c2cc(=O)c(C(=O)O)cn21.